The fourth-order valence-electron chi connectivity index (χ4n) is 2.26. The number of aromatic nitrogens is 1. The molecule has 18 heavy (non-hydrogen) atoms. The number of hydrogen-bond acceptors (Lipinski definition) is 4. The molecule has 0 unspecified atom stereocenters. The van der Waals surface area contributed by atoms with Gasteiger partial charge in [-0.25, -0.2) is 0 Å². The number of aliphatic hydroxyl groups is 1. The highest BCUT2D eigenvalue weighted by atomic mass is 32.2. The number of pyridine rings is 1. The lowest BCUT2D eigenvalue weighted by Gasteiger charge is -2.15. The molecule has 1 aliphatic heterocycles. The zero-order valence-electron chi connectivity index (χ0n) is 10.5. The Balaban J connectivity index is 1.93. The van der Waals surface area contributed by atoms with Crippen LogP contribution in [-0.4, -0.2) is 52.1 Å². The predicted octanol–water partition coefficient (Wildman–Crippen LogP) is 0.806. The summed E-state index contributed by atoms with van der Waals surface area (Å²) in [6, 6.07) is 5.78. The molecule has 1 aromatic rings. The topological polar surface area (TPSA) is 53.4 Å². The van der Waals surface area contributed by atoms with Gasteiger partial charge in [0.25, 0.3) is 0 Å². The summed E-state index contributed by atoms with van der Waals surface area (Å²) in [6.45, 7) is 1.09. The van der Waals surface area contributed by atoms with E-state index in [1.165, 1.54) is 11.8 Å². The van der Waals surface area contributed by atoms with E-state index in [9.17, 15) is 9.90 Å². The van der Waals surface area contributed by atoms with Gasteiger partial charge in [0.1, 0.15) is 0 Å². The van der Waals surface area contributed by atoms with Crippen molar-refractivity contribution >= 4 is 17.7 Å². The Hall–Kier alpha value is -1.07. The lowest BCUT2D eigenvalue weighted by atomic mass is 10.00. The molecule has 0 aliphatic carbocycles. The third kappa shape index (κ3) is 3.23. The van der Waals surface area contributed by atoms with Crippen molar-refractivity contribution in [3.05, 3.63) is 30.1 Å². The van der Waals surface area contributed by atoms with Crippen molar-refractivity contribution in [2.45, 2.75) is 12.5 Å². The number of carbonyl (C=O) groups excluding carboxylic acids is 1. The Morgan fingerprint density at radius 3 is 3.06 bits per heavy atom. The number of β-amino-alcohol motifs (C(OH)–C–C–N with tert-alkyl or cyclic N) is 1. The molecule has 0 bridgehead atoms. The first kappa shape index (κ1) is 13.4. The number of nitrogens with zero attached hydrogens (tertiary/aromatic N) is 2. The van der Waals surface area contributed by atoms with Crippen molar-refractivity contribution in [1.29, 1.82) is 0 Å². The van der Waals surface area contributed by atoms with Gasteiger partial charge in [-0.15, -0.1) is 0 Å². The number of aliphatic hydroxyl groups excluding tert-OH is 1. The lowest BCUT2D eigenvalue weighted by molar-refractivity contribution is -0.127. The molecule has 2 rings (SSSR count). The second-order valence-electron chi connectivity index (χ2n) is 4.58. The van der Waals surface area contributed by atoms with Gasteiger partial charge in [0, 0.05) is 30.9 Å². The van der Waals surface area contributed by atoms with Crippen LogP contribution in [0.2, 0.25) is 0 Å². The Labute approximate surface area is 111 Å². The molecule has 0 aromatic carbocycles. The zero-order chi connectivity index (χ0) is 13.0. The molecule has 2 heterocycles. The summed E-state index contributed by atoms with van der Waals surface area (Å²) < 4.78 is 0. The fraction of sp³-hybridized carbons (Fsp3) is 0.538. The van der Waals surface area contributed by atoms with Crippen molar-refractivity contribution in [1.82, 2.24) is 9.88 Å². The quantitative estimate of drug-likeness (QED) is 0.876. The zero-order valence-corrected chi connectivity index (χ0v) is 11.3. The standard InChI is InChI=1S/C13H18N2O2S/c1-18-9-13(17)15-7-10(12(16)8-15)6-11-4-2-3-5-14-11/h2-5,10,12,16H,6-9H2,1H3/t10-,12-/m1/s1. The van der Waals surface area contributed by atoms with Crippen LogP contribution in [0, 0.1) is 5.92 Å². The Kier molecular flexibility index (Phi) is 4.60. The van der Waals surface area contributed by atoms with Crippen LogP contribution in [-0.2, 0) is 11.2 Å². The van der Waals surface area contributed by atoms with Crippen LogP contribution >= 0.6 is 11.8 Å². The minimum Gasteiger partial charge on any atom is -0.391 e. The van der Waals surface area contributed by atoms with Crippen LogP contribution < -0.4 is 0 Å². The van der Waals surface area contributed by atoms with Gasteiger partial charge in [-0.1, -0.05) is 6.07 Å². The van der Waals surface area contributed by atoms with Crippen LogP contribution in [0.1, 0.15) is 5.69 Å². The number of likely N-dealkylation sites (tertiary alicyclic amines) is 1. The SMILES string of the molecule is CSCC(=O)N1C[C@@H](Cc2ccccn2)[C@H](O)C1. The summed E-state index contributed by atoms with van der Waals surface area (Å²) in [4.78, 5) is 17.8. The van der Waals surface area contributed by atoms with Gasteiger partial charge in [-0.2, -0.15) is 11.8 Å². The van der Waals surface area contributed by atoms with Crippen molar-refractivity contribution in [2.75, 3.05) is 25.1 Å². The summed E-state index contributed by atoms with van der Waals surface area (Å²) in [5.74, 6) is 0.707. The maximum Gasteiger partial charge on any atom is 0.232 e. The minimum atomic E-state index is -0.433. The molecule has 0 radical (unpaired) electrons. The number of amides is 1. The molecule has 1 aromatic heterocycles. The summed E-state index contributed by atoms with van der Waals surface area (Å²) in [5, 5.41) is 10.0. The first-order valence-corrected chi connectivity index (χ1v) is 7.44. The normalized spacial score (nSPS) is 23.3. The van der Waals surface area contributed by atoms with E-state index in [4.69, 9.17) is 0 Å². The van der Waals surface area contributed by atoms with Crippen LogP contribution in [0.4, 0.5) is 0 Å². The summed E-state index contributed by atoms with van der Waals surface area (Å²) in [6.07, 6.45) is 3.96. The number of rotatable bonds is 4. The van der Waals surface area contributed by atoms with E-state index < -0.39 is 6.10 Å². The monoisotopic (exact) mass is 266 g/mol. The second-order valence-corrected chi connectivity index (χ2v) is 5.45. The third-order valence-corrected chi connectivity index (χ3v) is 3.76. The van der Waals surface area contributed by atoms with Gasteiger partial charge in [-0.3, -0.25) is 9.78 Å². The van der Waals surface area contributed by atoms with E-state index in [0.29, 0.717) is 18.8 Å². The van der Waals surface area contributed by atoms with Gasteiger partial charge >= 0.3 is 0 Å². The van der Waals surface area contributed by atoms with E-state index in [2.05, 4.69) is 4.98 Å². The molecule has 98 valence electrons. The third-order valence-electron chi connectivity index (χ3n) is 3.22. The van der Waals surface area contributed by atoms with Crippen LogP contribution in [0.25, 0.3) is 0 Å². The van der Waals surface area contributed by atoms with Crippen molar-refractivity contribution < 1.29 is 9.90 Å². The molecular weight excluding hydrogens is 248 g/mol. The molecule has 0 saturated carbocycles. The average Bonchev–Trinajstić information content (AvgIpc) is 2.73. The Morgan fingerprint density at radius 1 is 1.56 bits per heavy atom. The van der Waals surface area contributed by atoms with Crippen LogP contribution in [0.3, 0.4) is 0 Å². The van der Waals surface area contributed by atoms with Gasteiger partial charge in [-0.05, 0) is 24.8 Å². The average molecular weight is 266 g/mol. The van der Waals surface area contributed by atoms with E-state index in [-0.39, 0.29) is 11.8 Å². The Morgan fingerprint density at radius 2 is 2.39 bits per heavy atom. The first-order valence-electron chi connectivity index (χ1n) is 6.05. The van der Waals surface area contributed by atoms with Crippen molar-refractivity contribution in [3.63, 3.8) is 0 Å². The van der Waals surface area contributed by atoms with E-state index >= 15 is 0 Å². The lowest BCUT2D eigenvalue weighted by Crippen LogP contribution is -2.31. The van der Waals surface area contributed by atoms with Crippen LogP contribution in [0.15, 0.2) is 24.4 Å². The molecule has 2 atom stereocenters. The molecule has 1 aliphatic rings. The number of hydrogen-bond donors (Lipinski definition) is 1. The summed E-state index contributed by atoms with van der Waals surface area (Å²) in [7, 11) is 0. The van der Waals surface area contributed by atoms with Crippen molar-refractivity contribution in [2.24, 2.45) is 5.92 Å². The van der Waals surface area contributed by atoms with Gasteiger partial charge < -0.3 is 10.0 Å². The molecule has 5 heteroatoms. The maximum atomic E-state index is 11.8. The molecular formula is C13H18N2O2S. The first-order chi connectivity index (χ1) is 8.70. The van der Waals surface area contributed by atoms with Gasteiger partial charge in [0.2, 0.25) is 5.91 Å². The predicted molar refractivity (Wildman–Crippen MR) is 72.4 cm³/mol. The molecule has 4 nitrogen and oxygen atoms in total. The molecule has 0 spiro atoms. The fourth-order valence-corrected chi connectivity index (χ4v) is 2.69. The summed E-state index contributed by atoms with van der Waals surface area (Å²) in [5.41, 5.74) is 0.973. The second kappa shape index (κ2) is 6.20. The number of carbonyl (C=O) groups is 1. The highest BCUT2D eigenvalue weighted by molar-refractivity contribution is 7.99. The van der Waals surface area contributed by atoms with Gasteiger partial charge in [0.05, 0.1) is 11.9 Å². The summed E-state index contributed by atoms with van der Waals surface area (Å²) >= 11 is 1.52. The van der Waals surface area contributed by atoms with Gasteiger partial charge in [0.15, 0.2) is 0 Å². The Bertz CT molecular complexity index is 399. The van der Waals surface area contributed by atoms with E-state index in [1.807, 2.05) is 24.5 Å². The molecule has 1 N–H and O–H groups in total. The molecule has 1 amide bonds. The molecule has 1 saturated heterocycles. The number of thioether (sulfide) groups is 1. The van der Waals surface area contributed by atoms with Crippen molar-refractivity contribution in [3.8, 4) is 0 Å². The maximum absolute atomic E-state index is 11.8. The highest BCUT2D eigenvalue weighted by Gasteiger charge is 2.33. The molecule has 1 fully saturated rings. The highest BCUT2D eigenvalue weighted by Crippen LogP contribution is 2.21. The largest absolute Gasteiger partial charge is 0.391 e. The van der Waals surface area contributed by atoms with E-state index in [1.54, 1.807) is 11.1 Å². The minimum absolute atomic E-state index is 0.103. The van der Waals surface area contributed by atoms with Crippen LogP contribution in [0.5, 0.6) is 0 Å². The van der Waals surface area contributed by atoms with E-state index in [0.717, 1.165) is 12.1 Å². The smallest absolute Gasteiger partial charge is 0.232 e.